The largest absolute Gasteiger partial charge is 0.497 e. The molecule has 0 saturated carbocycles. The monoisotopic (exact) mass is 639 g/mol. The first-order valence-corrected chi connectivity index (χ1v) is 17.0. The predicted molar refractivity (Wildman–Crippen MR) is 171 cm³/mol. The molecule has 0 radical (unpaired) electrons. The molecule has 4 atom stereocenters. The fraction of sp³-hybridized carbons (Fsp3) is 0.290. The van der Waals surface area contributed by atoms with Gasteiger partial charge in [-0.25, -0.2) is 4.79 Å². The van der Waals surface area contributed by atoms with Crippen molar-refractivity contribution in [3.63, 3.8) is 0 Å². The van der Waals surface area contributed by atoms with Gasteiger partial charge in [-0.1, -0.05) is 54.6 Å². The molecule has 3 aromatic carbocycles. The second-order valence-electron chi connectivity index (χ2n) is 10.0. The van der Waals surface area contributed by atoms with Crippen LogP contribution in [0.25, 0.3) is 0 Å². The molecule has 12 heteroatoms. The summed E-state index contributed by atoms with van der Waals surface area (Å²) in [5, 5.41) is 0. The molecule has 4 aromatic rings. The summed E-state index contributed by atoms with van der Waals surface area (Å²) in [6, 6.07) is 25.4. The highest BCUT2D eigenvalue weighted by Crippen LogP contribution is 2.46. The average Bonchev–Trinajstić information content (AvgIpc) is 3.43. The van der Waals surface area contributed by atoms with E-state index in [1.54, 1.807) is 21.1 Å². The summed E-state index contributed by atoms with van der Waals surface area (Å²) in [5.41, 5.74) is 0.840. The van der Waals surface area contributed by atoms with Crippen LogP contribution in [0, 0.1) is 6.92 Å². The molecule has 1 fully saturated rings. The van der Waals surface area contributed by atoms with Gasteiger partial charge in [-0.2, -0.15) is 4.52 Å². The van der Waals surface area contributed by atoms with Gasteiger partial charge in [0.25, 0.3) is 5.56 Å². The van der Waals surface area contributed by atoms with Gasteiger partial charge in [0.15, 0.2) is 0 Å². The van der Waals surface area contributed by atoms with E-state index < -0.39 is 41.4 Å². The lowest BCUT2D eigenvalue weighted by Crippen LogP contribution is -2.41. The molecule has 1 N–H and O–H groups in total. The summed E-state index contributed by atoms with van der Waals surface area (Å²) >= 11 is 9.48. The predicted octanol–water partition coefficient (Wildman–Crippen LogP) is 5.25. The number of aromatic nitrogens is 2. The van der Waals surface area contributed by atoms with Crippen LogP contribution < -0.4 is 20.7 Å². The minimum atomic E-state index is -1.40. The van der Waals surface area contributed by atoms with Crippen molar-refractivity contribution in [3.8, 4) is 11.5 Å². The maximum Gasteiger partial charge on any atom is 0.411 e. The number of H-pyrrole nitrogens is 1. The maximum atomic E-state index is 12.8. The van der Waals surface area contributed by atoms with Crippen LogP contribution in [0.1, 0.15) is 34.9 Å². The molecular formula is C31H32N2O7PS2+. The molecule has 1 aliphatic rings. The van der Waals surface area contributed by atoms with E-state index in [2.05, 4.69) is 17.2 Å². The smallest absolute Gasteiger partial charge is 0.411 e. The zero-order chi connectivity index (χ0) is 30.6. The van der Waals surface area contributed by atoms with Crippen LogP contribution in [0.4, 0.5) is 0 Å². The van der Waals surface area contributed by atoms with E-state index in [4.69, 9.17) is 35.3 Å². The van der Waals surface area contributed by atoms with Gasteiger partial charge in [0.1, 0.15) is 48.3 Å². The topological polar surface area (TPSA) is 101 Å². The van der Waals surface area contributed by atoms with Gasteiger partial charge < -0.3 is 18.9 Å². The van der Waals surface area contributed by atoms with Crippen molar-refractivity contribution >= 4 is 30.2 Å². The quantitative estimate of drug-likeness (QED) is 0.131. The van der Waals surface area contributed by atoms with Gasteiger partial charge in [0, 0.05) is 18.2 Å². The Bertz CT molecular complexity index is 1630. The number of hydrogen-bond acceptors (Lipinski definition) is 8. The summed E-state index contributed by atoms with van der Waals surface area (Å²) in [6.07, 6.45) is -1.51. The second kappa shape index (κ2) is 13.5. The van der Waals surface area contributed by atoms with Crippen LogP contribution in [-0.2, 0) is 31.4 Å². The van der Waals surface area contributed by atoms with Gasteiger partial charge in [-0.3, -0.25) is 14.3 Å². The molecule has 1 aliphatic heterocycles. The summed E-state index contributed by atoms with van der Waals surface area (Å²) in [6.45, 7) is 1.74. The van der Waals surface area contributed by atoms with Crippen LogP contribution in [0.15, 0.2) is 94.6 Å². The van der Waals surface area contributed by atoms with Crippen LogP contribution in [0.2, 0.25) is 0 Å². The van der Waals surface area contributed by atoms with Crippen molar-refractivity contribution in [1.29, 1.82) is 0 Å². The summed E-state index contributed by atoms with van der Waals surface area (Å²) in [5.74, 6) is 1.41. The first-order chi connectivity index (χ1) is 20.7. The summed E-state index contributed by atoms with van der Waals surface area (Å²) < 4.78 is 31.7. The Morgan fingerprint density at radius 2 is 1.51 bits per heavy atom. The molecule has 5 rings (SSSR count). The van der Waals surface area contributed by atoms with Crippen LogP contribution in [-0.4, -0.2) is 42.6 Å². The molecule has 1 aromatic heterocycles. The zero-order valence-corrected chi connectivity index (χ0v) is 26.4. The highest BCUT2D eigenvalue weighted by atomic mass is 32.9. The highest BCUT2D eigenvalue weighted by Gasteiger charge is 2.47. The summed E-state index contributed by atoms with van der Waals surface area (Å²) in [4.78, 5) is 27.3. The molecule has 0 bridgehead atoms. The fourth-order valence-corrected chi connectivity index (χ4v) is 6.00. The Hall–Kier alpha value is -3.31. The van der Waals surface area contributed by atoms with Gasteiger partial charge in [0.2, 0.25) is 11.8 Å². The lowest BCUT2D eigenvalue weighted by atomic mass is 9.79. The number of benzene rings is 3. The molecular weight excluding hydrogens is 607 g/mol. The van der Waals surface area contributed by atoms with Gasteiger partial charge >= 0.3 is 11.8 Å². The number of aromatic amines is 1. The molecule has 9 nitrogen and oxygen atoms in total. The van der Waals surface area contributed by atoms with Gasteiger partial charge in [-0.05, 0) is 47.9 Å². The standard InChI is InChI=1S/C31H31N2O7PS2/c1-20-18-33(30(35)32-29(20)34)28-17-26(27(39-28)19-38-41(42)43)40-31(21-7-5-4-6-8-21,22-9-13-24(36-2)14-10-22)23-11-15-25(37-3)16-12-23/h4-16,18,26-28H,17,19H2,1-3H3,(H-,32,34,35,42,43)/p+1/t26-,27+,28+/m0/s1. The van der Waals surface area contributed by atoms with Crippen molar-refractivity contribution < 1.29 is 23.5 Å². The minimum Gasteiger partial charge on any atom is -0.497 e. The molecule has 0 aliphatic carbocycles. The van der Waals surface area contributed by atoms with E-state index in [9.17, 15) is 9.59 Å². The Morgan fingerprint density at radius 3 is 2.05 bits per heavy atom. The van der Waals surface area contributed by atoms with E-state index in [1.807, 2.05) is 78.9 Å². The maximum absolute atomic E-state index is 12.8. The Morgan fingerprint density at radius 1 is 0.953 bits per heavy atom. The molecule has 2 heterocycles. The molecule has 1 saturated heterocycles. The number of rotatable bonds is 11. The Labute approximate surface area is 260 Å². The third-order valence-electron chi connectivity index (χ3n) is 7.49. The van der Waals surface area contributed by atoms with E-state index in [1.165, 1.54) is 10.8 Å². The number of hydrogen-bond donors (Lipinski definition) is 2. The molecule has 224 valence electrons. The first kappa shape index (κ1) is 31.1. The fourth-order valence-electron chi connectivity index (χ4n) is 5.34. The van der Waals surface area contributed by atoms with Gasteiger partial charge in [0.05, 0.1) is 20.3 Å². The van der Waals surface area contributed by atoms with Crippen LogP contribution >= 0.6 is 18.4 Å². The number of ether oxygens (including phenoxy) is 4. The lowest BCUT2D eigenvalue weighted by molar-refractivity contribution is -0.0952. The van der Waals surface area contributed by atoms with Gasteiger partial charge in [-0.15, -0.1) is 0 Å². The van der Waals surface area contributed by atoms with Crippen molar-refractivity contribution in [2.24, 2.45) is 0 Å². The zero-order valence-electron chi connectivity index (χ0n) is 23.8. The second-order valence-corrected chi connectivity index (χ2v) is 13.7. The molecule has 1 unspecified atom stereocenters. The van der Waals surface area contributed by atoms with Crippen molar-refractivity contribution in [3.05, 3.63) is 128 Å². The Balaban J connectivity index is 1.66. The molecule has 0 spiro atoms. The number of thiol groups is 1. The van der Waals surface area contributed by atoms with E-state index >= 15 is 0 Å². The average molecular weight is 640 g/mol. The first-order valence-electron chi connectivity index (χ1n) is 13.5. The number of aryl methyl sites for hydroxylation is 1. The SMILES string of the molecule is COc1ccc(C(O[C@H]2C[C@H](n3cc(C)c(=O)[nH]c3=O)O[C@@H]2CO[P+](=S)S)(c2ccccc2)c2ccc(OC)cc2)cc1. The highest BCUT2D eigenvalue weighted by molar-refractivity contribution is 8.54. The summed E-state index contributed by atoms with van der Waals surface area (Å²) in [7, 11) is 3.24. The third kappa shape index (κ3) is 6.62. The number of methoxy groups -OCH3 is 2. The van der Waals surface area contributed by atoms with Crippen molar-refractivity contribution in [2.45, 2.75) is 37.4 Å². The van der Waals surface area contributed by atoms with Crippen LogP contribution in [0.5, 0.6) is 11.5 Å². The molecule has 43 heavy (non-hydrogen) atoms. The van der Waals surface area contributed by atoms with E-state index in [0.29, 0.717) is 23.5 Å². The lowest BCUT2D eigenvalue weighted by Gasteiger charge is -2.39. The van der Waals surface area contributed by atoms with Crippen LogP contribution in [0.3, 0.4) is 0 Å². The van der Waals surface area contributed by atoms with Crippen molar-refractivity contribution in [2.75, 3.05) is 20.8 Å². The van der Waals surface area contributed by atoms with E-state index in [0.717, 1.165) is 16.7 Å². The van der Waals surface area contributed by atoms with E-state index in [-0.39, 0.29) is 6.61 Å². The minimum absolute atomic E-state index is 0.104. The molecule has 0 amide bonds. The Kier molecular flexibility index (Phi) is 9.81. The number of nitrogens with zero attached hydrogens (tertiary/aromatic N) is 1. The third-order valence-corrected chi connectivity index (χ3v) is 8.52. The van der Waals surface area contributed by atoms with Crippen molar-refractivity contribution in [1.82, 2.24) is 9.55 Å². The number of nitrogens with one attached hydrogen (secondary N) is 1. The normalized spacial score (nSPS) is 18.8.